The second-order valence-corrected chi connectivity index (χ2v) is 9.94. The maximum atomic E-state index is 12.2. The Morgan fingerprint density at radius 3 is 2.75 bits per heavy atom. The van der Waals surface area contributed by atoms with Crippen LogP contribution < -0.4 is 10.7 Å². The summed E-state index contributed by atoms with van der Waals surface area (Å²) < 4.78 is 32.5. The van der Waals surface area contributed by atoms with Gasteiger partial charge in [-0.05, 0) is 32.4 Å². The summed E-state index contributed by atoms with van der Waals surface area (Å²) in [4.78, 5) is 13.3. The molecule has 1 unspecified atom stereocenters. The van der Waals surface area contributed by atoms with Crippen LogP contribution in [0.1, 0.15) is 29.4 Å². The summed E-state index contributed by atoms with van der Waals surface area (Å²) in [6.45, 7) is 5.10. The molecule has 9 heteroatoms. The number of benzene rings is 1. The molecule has 0 aliphatic carbocycles. The average molecular weight is 406 g/mol. The first-order valence-electron chi connectivity index (χ1n) is 9.40. The predicted molar refractivity (Wildman–Crippen MR) is 105 cm³/mol. The molecule has 0 amide bonds. The van der Waals surface area contributed by atoms with E-state index in [0.717, 1.165) is 27.4 Å². The minimum atomic E-state index is -2.96. The van der Waals surface area contributed by atoms with Gasteiger partial charge in [-0.1, -0.05) is 12.1 Å². The lowest BCUT2D eigenvalue weighted by atomic mass is 10.2. The number of nitrogens with one attached hydrogen (secondary N) is 1. The maximum absolute atomic E-state index is 12.2. The van der Waals surface area contributed by atoms with Gasteiger partial charge in [0, 0.05) is 5.69 Å². The Balaban J connectivity index is 1.56. The van der Waals surface area contributed by atoms with E-state index in [0.29, 0.717) is 25.2 Å². The van der Waals surface area contributed by atoms with Crippen molar-refractivity contribution in [2.24, 2.45) is 0 Å². The van der Waals surface area contributed by atoms with E-state index in [1.54, 1.807) is 10.6 Å². The van der Waals surface area contributed by atoms with Crippen molar-refractivity contribution in [2.75, 3.05) is 18.6 Å². The third kappa shape index (κ3) is 3.40. The van der Waals surface area contributed by atoms with E-state index in [2.05, 4.69) is 5.10 Å². The smallest absolute Gasteiger partial charge is 0.408 e. The topological polar surface area (TPSA) is 91.5 Å². The van der Waals surface area contributed by atoms with Crippen LogP contribution in [-0.4, -0.2) is 41.3 Å². The maximum Gasteiger partial charge on any atom is 0.424 e. The van der Waals surface area contributed by atoms with Crippen LogP contribution in [0.25, 0.3) is 11.1 Å². The largest absolute Gasteiger partial charge is 0.424 e. The molecule has 3 aromatic rings. The van der Waals surface area contributed by atoms with Crippen molar-refractivity contribution in [2.45, 2.75) is 39.5 Å². The van der Waals surface area contributed by atoms with Crippen LogP contribution in [0.15, 0.2) is 33.5 Å². The molecule has 150 valence electrons. The molecule has 28 heavy (non-hydrogen) atoms. The summed E-state index contributed by atoms with van der Waals surface area (Å²) in [5.74, 6) is 0.0290. The average Bonchev–Trinajstić information content (AvgIpc) is 3.24. The summed E-state index contributed by atoms with van der Waals surface area (Å²) in [6.07, 6.45) is 0.614. The van der Waals surface area contributed by atoms with Crippen LogP contribution >= 0.6 is 0 Å². The van der Waals surface area contributed by atoms with Gasteiger partial charge < -0.3 is 9.32 Å². The first-order chi connectivity index (χ1) is 13.2. The van der Waals surface area contributed by atoms with E-state index in [-0.39, 0.29) is 23.3 Å². The number of fused-ring (bicyclic) bond motifs is 1. The molecule has 1 N–H and O–H groups in total. The summed E-state index contributed by atoms with van der Waals surface area (Å²) in [5.41, 5.74) is 4.38. The van der Waals surface area contributed by atoms with E-state index in [4.69, 9.17) is 4.42 Å². The van der Waals surface area contributed by atoms with Crippen LogP contribution in [0, 0.1) is 13.8 Å². The van der Waals surface area contributed by atoms with Gasteiger partial charge in [-0.15, -0.1) is 0 Å². The number of nitrogens with zero attached hydrogens (tertiary/aromatic N) is 3. The number of quaternary nitrogens is 1. The molecular formula is C19H25N4O4S+. The number of aryl methyl sites for hydroxylation is 1. The molecule has 1 fully saturated rings. The Morgan fingerprint density at radius 1 is 1.29 bits per heavy atom. The van der Waals surface area contributed by atoms with Crippen molar-refractivity contribution in [1.29, 1.82) is 0 Å². The molecule has 0 radical (unpaired) electrons. The van der Waals surface area contributed by atoms with Gasteiger partial charge in [-0.25, -0.2) is 17.8 Å². The van der Waals surface area contributed by atoms with Crippen LogP contribution in [-0.2, 0) is 23.1 Å². The molecule has 1 aliphatic heterocycles. The van der Waals surface area contributed by atoms with Crippen molar-refractivity contribution >= 4 is 20.9 Å². The van der Waals surface area contributed by atoms with Crippen molar-refractivity contribution in [3.05, 3.63) is 51.8 Å². The number of hydrogen-bond donors (Lipinski definition) is 1. The van der Waals surface area contributed by atoms with E-state index in [9.17, 15) is 13.2 Å². The molecule has 1 aromatic carbocycles. The van der Waals surface area contributed by atoms with Crippen molar-refractivity contribution in [3.8, 4) is 0 Å². The molecule has 3 heterocycles. The van der Waals surface area contributed by atoms with Crippen LogP contribution in [0.3, 0.4) is 0 Å². The van der Waals surface area contributed by atoms with Gasteiger partial charge in [0.15, 0.2) is 22.1 Å². The van der Waals surface area contributed by atoms with Gasteiger partial charge in [0.05, 0.1) is 41.4 Å². The Labute approximate surface area is 163 Å². The first kappa shape index (κ1) is 18.9. The lowest BCUT2D eigenvalue weighted by Crippen LogP contribution is -3.07. The highest BCUT2D eigenvalue weighted by Crippen LogP contribution is 2.26. The highest BCUT2D eigenvalue weighted by atomic mass is 32.2. The number of aromatic nitrogens is 3. The molecule has 8 nitrogen and oxygen atoms in total. The molecule has 2 aromatic heterocycles. The highest BCUT2D eigenvalue weighted by Gasteiger charge is 2.31. The number of para-hydroxylation sites is 2. The number of sulfone groups is 1. The molecular weight excluding hydrogens is 380 g/mol. The van der Waals surface area contributed by atoms with Crippen molar-refractivity contribution < 1.29 is 17.7 Å². The highest BCUT2D eigenvalue weighted by molar-refractivity contribution is 7.91. The standard InChI is InChI=1S/C19H24N4O4S/c1-13-16(14(2)23(20-13)15-8-9-28(25,26)11-15)10-21(3)12-22-17-6-4-5-7-18(17)27-19(22)24/h4-7,15H,8-12H2,1-3H3/p+1/t15-/m1/s1. The predicted octanol–water partition coefficient (Wildman–Crippen LogP) is 0.440. The van der Waals surface area contributed by atoms with Gasteiger partial charge in [0.1, 0.15) is 6.54 Å². The molecule has 4 rings (SSSR count). The van der Waals surface area contributed by atoms with E-state index >= 15 is 0 Å². The summed E-state index contributed by atoms with van der Waals surface area (Å²) in [6, 6.07) is 7.31. The molecule has 1 saturated heterocycles. The lowest BCUT2D eigenvalue weighted by Gasteiger charge is -2.15. The van der Waals surface area contributed by atoms with Gasteiger partial charge >= 0.3 is 5.76 Å². The monoisotopic (exact) mass is 405 g/mol. The fraction of sp³-hybridized carbons (Fsp3) is 0.474. The Morgan fingerprint density at radius 2 is 2.04 bits per heavy atom. The lowest BCUT2D eigenvalue weighted by molar-refractivity contribution is -0.916. The number of rotatable bonds is 5. The number of oxazole rings is 1. The van der Waals surface area contributed by atoms with Gasteiger partial charge in [0.2, 0.25) is 0 Å². The Bertz CT molecular complexity index is 1190. The second kappa shape index (κ2) is 6.89. The summed E-state index contributed by atoms with van der Waals surface area (Å²) in [7, 11) is -0.943. The Hall–Kier alpha value is -2.39. The SMILES string of the molecule is Cc1nn([C@@H]2CCS(=O)(=O)C2)c(C)c1C[NH+](C)Cn1c(=O)oc2ccccc21. The third-order valence-corrected chi connectivity index (χ3v) is 7.26. The Kier molecular flexibility index (Phi) is 4.67. The zero-order valence-electron chi connectivity index (χ0n) is 16.3. The van der Waals surface area contributed by atoms with E-state index in [1.165, 1.54) is 0 Å². The number of hydrogen-bond acceptors (Lipinski definition) is 5. The second-order valence-electron chi connectivity index (χ2n) is 7.71. The molecule has 0 saturated carbocycles. The zero-order chi connectivity index (χ0) is 20.1. The van der Waals surface area contributed by atoms with Gasteiger partial charge in [-0.3, -0.25) is 4.68 Å². The third-order valence-electron chi connectivity index (χ3n) is 5.51. The normalized spacial score (nSPS) is 20.0. The van der Waals surface area contributed by atoms with Crippen molar-refractivity contribution in [1.82, 2.24) is 14.3 Å². The van der Waals surface area contributed by atoms with Crippen LogP contribution in [0.4, 0.5) is 0 Å². The molecule has 0 bridgehead atoms. The molecule has 2 atom stereocenters. The molecule has 1 aliphatic rings. The van der Waals surface area contributed by atoms with E-state index in [1.807, 2.05) is 43.8 Å². The van der Waals surface area contributed by atoms with Crippen LogP contribution in [0.5, 0.6) is 0 Å². The fourth-order valence-corrected chi connectivity index (χ4v) is 5.76. The minimum absolute atomic E-state index is 0.0850. The van der Waals surface area contributed by atoms with Gasteiger partial charge in [0.25, 0.3) is 0 Å². The minimum Gasteiger partial charge on any atom is -0.408 e. The quantitative estimate of drug-likeness (QED) is 0.665. The summed E-state index contributed by atoms with van der Waals surface area (Å²) >= 11 is 0. The fourth-order valence-electron chi connectivity index (χ4n) is 4.07. The van der Waals surface area contributed by atoms with Gasteiger partial charge in [-0.2, -0.15) is 5.10 Å². The van der Waals surface area contributed by atoms with E-state index < -0.39 is 9.84 Å². The van der Waals surface area contributed by atoms with Crippen molar-refractivity contribution in [3.63, 3.8) is 0 Å². The summed E-state index contributed by atoms with van der Waals surface area (Å²) in [5, 5.41) is 4.63. The first-order valence-corrected chi connectivity index (χ1v) is 11.2. The molecule has 0 spiro atoms. The zero-order valence-corrected chi connectivity index (χ0v) is 17.1. The van der Waals surface area contributed by atoms with Crippen LogP contribution in [0.2, 0.25) is 0 Å².